The standard InChI is InChI=1S/C27H20N4O2/c1-2-17-7-5-12-25(29-17)31-22-10-4-3-8-19(22)20-14-13-18(15-23(20)31)33-26-16-28-21-9-6-11-24(32)27(21)30-26/h3-16,32H,2H2,1H3. The molecular formula is C27H20N4O2. The number of ether oxygens (including phenoxy) is 1. The van der Waals surface area contributed by atoms with Crippen molar-refractivity contribution >= 4 is 32.8 Å². The van der Waals surface area contributed by atoms with E-state index in [2.05, 4.69) is 39.7 Å². The lowest BCUT2D eigenvalue weighted by Gasteiger charge is -2.10. The quantitative estimate of drug-likeness (QED) is 0.360. The van der Waals surface area contributed by atoms with Crippen molar-refractivity contribution in [3.63, 3.8) is 0 Å². The first-order valence-corrected chi connectivity index (χ1v) is 10.8. The van der Waals surface area contributed by atoms with Crippen molar-refractivity contribution in [2.75, 3.05) is 0 Å². The maximum atomic E-state index is 10.1. The summed E-state index contributed by atoms with van der Waals surface area (Å²) in [7, 11) is 0. The van der Waals surface area contributed by atoms with Crippen LogP contribution in [0.1, 0.15) is 12.6 Å². The van der Waals surface area contributed by atoms with E-state index in [0.717, 1.165) is 39.7 Å². The maximum absolute atomic E-state index is 10.1. The molecule has 3 aromatic carbocycles. The third-order valence-corrected chi connectivity index (χ3v) is 5.78. The van der Waals surface area contributed by atoms with E-state index in [9.17, 15) is 5.11 Å². The average Bonchev–Trinajstić information content (AvgIpc) is 3.18. The number of phenols is 1. The smallest absolute Gasteiger partial charge is 0.238 e. The summed E-state index contributed by atoms with van der Waals surface area (Å²) in [5.41, 5.74) is 4.13. The van der Waals surface area contributed by atoms with Crippen LogP contribution in [-0.2, 0) is 6.42 Å². The molecule has 0 radical (unpaired) electrons. The number of benzene rings is 3. The minimum absolute atomic E-state index is 0.0721. The fourth-order valence-corrected chi connectivity index (χ4v) is 4.22. The first kappa shape index (κ1) is 19.3. The van der Waals surface area contributed by atoms with Crippen LogP contribution in [0.2, 0.25) is 0 Å². The molecule has 0 bridgehead atoms. The molecule has 0 fully saturated rings. The SMILES string of the molecule is CCc1cccc(-n2c3ccccc3c3ccc(Oc4cnc5cccc(O)c5n4)cc32)n1. The molecule has 33 heavy (non-hydrogen) atoms. The largest absolute Gasteiger partial charge is 0.506 e. The van der Waals surface area contributed by atoms with Crippen LogP contribution in [0, 0.1) is 0 Å². The summed E-state index contributed by atoms with van der Waals surface area (Å²) in [4.78, 5) is 13.7. The van der Waals surface area contributed by atoms with Crippen molar-refractivity contribution in [3.8, 4) is 23.2 Å². The van der Waals surface area contributed by atoms with E-state index in [1.54, 1.807) is 24.4 Å². The fourth-order valence-electron chi connectivity index (χ4n) is 4.22. The molecule has 3 heterocycles. The van der Waals surface area contributed by atoms with Crippen molar-refractivity contribution in [2.24, 2.45) is 0 Å². The summed E-state index contributed by atoms with van der Waals surface area (Å²) in [6.07, 6.45) is 2.43. The Morgan fingerprint density at radius 1 is 0.848 bits per heavy atom. The highest BCUT2D eigenvalue weighted by Crippen LogP contribution is 2.35. The predicted octanol–water partition coefficient (Wildman–Crippen LogP) is 6.18. The minimum Gasteiger partial charge on any atom is -0.506 e. The molecule has 0 amide bonds. The van der Waals surface area contributed by atoms with Gasteiger partial charge in [-0.25, -0.2) is 15.0 Å². The van der Waals surface area contributed by atoms with E-state index in [0.29, 0.717) is 22.7 Å². The number of rotatable bonds is 4. The number of hydrogen-bond donors (Lipinski definition) is 1. The average molecular weight is 432 g/mol. The second-order valence-corrected chi connectivity index (χ2v) is 7.83. The molecule has 0 saturated carbocycles. The zero-order valence-electron chi connectivity index (χ0n) is 17.9. The van der Waals surface area contributed by atoms with Gasteiger partial charge >= 0.3 is 0 Å². The van der Waals surface area contributed by atoms with Gasteiger partial charge in [0.1, 0.15) is 22.8 Å². The van der Waals surface area contributed by atoms with E-state index in [1.807, 2.05) is 42.5 Å². The highest BCUT2D eigenvalue weighted by Gasteiger charge is 2.15. The maximum Gasteiger partial charge on any atom is 0.238 e. The lowest BCUT2D eigenvalue weighted by atomic mass is 10.1. The molecule has 0 atom stereocenters. The van der Waals surface area contributed by atoms with Crippen molar-refractivity contribution < 1.29 is 9.84 Å². The number of aromatic hydroxyl groups is 1. The number of pyridine rings is 1. The molecule has 0 saturated heterocycles. The molecule has 6 nitrogen and oxygen atoms in total. The number of aryl methyl sites for hydroxylation is 1. The summed E-state index contributed by atoms with van der Waals surface area (Å²) < 4.78 is 8.22. The van der Waals surface area contributed by atoms with Crippen molar-refractivity contribution in [3.05, 3.63) is 90.8 Å². The van der Waals surface area contributed by atoms with E-state index in [4.69, 9.17) is 9.72 Å². The van der Waals surface area contributed by atoms with Gasteiger partial charge in [0.05, 0.1) is 22.7 Å². The van der Waals surface area contributed by atoms with Crippen LogP contribution >= 0.6 is 0 Å². The van der Waals surface area contributed by atoms with E-state index in [-0.39, 0.29) is 5.75 Å². The van der Waals surface area contributed by atoms with Gasteiger partial charge in [0, 0.05) is 22.5 Å². The van der Waals surface area contributed by atoms with Gasteiger partial charge in [0.15, 0.2) is 0 Å². The van der Waals surface area contributed by atoms with E-state index >= 15 is 0 Å². The molecule has 3 aromatic heterocycles. The first-order chi connectivity index (χ1) is 16.2. The molecule has 0 aliphatic heterocycles. The van der Waals surface area contributed by atoms with Crippen LogP contribution < -0.4 is 4.74 Å². The molecule has 6 aromatic rings. The van der Waals surface area contributed by atoms with Crippen molar-refractivity contribution in [1.82, 2.24) is 19.5 Å². The number of phenolic OH excluding ortho intramolecular Hbond substituents is 1. The molecular weight excluding hydrogens is 412 g/mol. The highest BCUT2D eigenvalue weighted by atomic mass is 16.5. The van der Waals surface area contributed by atoms with Gasteiger partial charge in [-0.3, -0.25) is 4.57 Å². The number of fused-ring (bicyclic) bond motifs is 4. The van der Waals surface area contributed by atoms with Gasteiger partial charge in [-0.15, -0.1) is 0 Å². The van der Waals surface area contributed by atoms with Crippen LogP contribution in [0.15, 0.2) is 85.1 Å². The Kier molecular flexibility index (Phi) is 4.43. The summed E-state index contributed by atoms with van der Waals surface area (Å²) in [6.45, 7) is 2.10. The fraction of sp³-hybridized carbons (Fsp3) is 0.0741. The zero-order chi connectivity index (χ0) is 22.4. The molecule has 160 valence electrons. The Bertz CT molecular complexity index is 1660. The van der Waals surface area contributed by atoms with Crippen LogP contribution in [0.3, 0.4) is 0 Å². The van der Waals surface area contributed by atoms with Gasteiger partial charge in [0.2, 0.25) is 5.88 Å². The highest BCUT2D eigenvalue weighted by molar-refractivity contribution is 6.09. The third kappa shape index (κ3) is 3.24. The van der Waals surface area contributed by atoms with E-state index < -0.39 is 0 Å². The van der Waals surface area contributed by atoms with Gasteiger partial charge in [0.25, 0.3) is 0 Å². The van der Waals surface area contributed by atoms with E-state index in [1.165, 1.54) is 0 Å². The summed E-state index contributed by atoms with van der Waals surface area (Å²) in [6, 6.07) is 25.5. The molecule has 6 rings (SSSR count). The predicted molar refractivity (Wildman–Crippen MR) is 129 cm³/mol. The number of nitrogens with zero attached hydrogens (tertiary/aromatic N) is 4. The van der Waals surface area contributed by atoms with Crippen molar-refractivity contribution in [1.29, 1.82) is 0 Å². The summed E-state index contributed by atoms with van der Waals surface area (Å²) in [5.74, 6) is 1.88. The number of aromatic nitrogens is 4. The molecule has 0 unspecified atom stereocenters. The van der Waals surface area contributed by atoms with Gasteiger partial charge in [-0.2, -0.15) is 0 Å². The Balaban J connectivity index is 1.51. The monoisotopic (exact) mass is 432 g/mol. The Labute approximate surface area is 189 Å². The Morgan fingerprint density at radius 2 is 1.70 bits per heavy atom. The van der Waals surface area contributed by atoms with Crippen LogP contribution in [-0.4, -0.2) is 24.6 Å². The minimum atomic E-state index is 0.0721. The molecule has 0 spiro atoms. The molecule has 6 heteroatoms. The topological polar surface area (TPSA) is 73.1 Å². The molecule has 1 N–H and O–H groups in total. The Hall–Kier alpha value is -4.45. The van der Waals surface area contributed by atoms with Gasteiger partial charge in [-0.1, -0.05) is 37.3 Å². The Morgan fingerprint density at radius 3 is 2.61 bits per heavy atom. The van der Waals surface area contributed by atoms with Crippen LogP contribution in [0.25, 0.3) is 38.7 Å². The normalized spacial score (nSPS) is 11.4. The lowest BCUT2D eigenvalue weighted by molar-refractivity contribution is 0.458. The first-order valence-electron chi connectivity index (χ1n) is 10.8. The summed E-state index contributed by atoms with van der Waals surface area (Å²) in [5, 5.41) is 12.4. The van der Waals surface area contributed by atoms with Gasteiger partial charge in [-0.05, 0) is 48.9 Å². The van der Waals surface area contributed by atoms with Crippen molar-refractivity contribution in [2.45, 2.75) is 13.3 Å². The second-order valence-electron chi connectivity index (χ2n) is 7.83. The molecule has 0 aliphatic rings. The summed E-state index contributed by atoms with van der Waals surface area (Å²) >= 11 is 0. The van der Waals surface area contributed by atoms with Crippen LogP contribution in [0.4, 0.5) is 0 Å². The van der Waals surface area contributed by atoms with Crippen LogP contribution in [0.5, 0.6) is 17.4 Å². The number of hydrogen-bond acceptors (Lipinski definition) is 5. The lowest BCUT2D eigenvalue weighted by Crippen LogP contribution is -1.99. The number of para-hydroxylation sites is 2. The van der Waals surface area contributed by atoms with Gasteiger partial charge < -0.3 is 9.84 Å². The molecule has 0 aliphatic carbocycles. The second kappa shape index (κ2) is 7.60. The third-order valence-electron chi connectivity index (χ3n) is 5.78. The zero-order valence-corrected chi connectivity index (χ0v) is 17.9.